The number of allylic oxidation sites excluding steroid dienone is 5. The smallest absolute Gasteiger partial charge is 0.303 e. The highest BCUT2D eigenvalue weighted by atomic mass is 16.4. The van der Waals surface area contributed by atoms with Crippen molar-refractivity contribution < 1.29 is 15.0 Å². The molecule has 9 heteroatoms. The van der Waals surface area contributed by atoms with E-state index in [4.69, 9.17) is 9.97 Å². The third kappa shape index (κ3) is 8.01. The van der Waals surface area contributed by atoms with Crippen molar-refractivity contribution in [3.63, 3.8) is 0 Å². The standard InChI is InChI=1S/C42H54N6O3/c1-11-29-25(7)33-19-34-27(9)31(13-15-41(49)43-17-18-48(23(3)4)24(5)6)39(46-34)22-40-32(14-16-42(50)51)28(10)36(47-40)21-38-30(12-2)26(8)35(45-38)20-37(29)44-33/h11-12,19-24,41,43-44,47,49H,1-2,13-18H2,3-10H3,(H,50,51). The van der Waals surface area contributed by atoms with Crippen LogP contribution >= 0.6 is 0 Å². The fourth-order valence-electron chi connectivity index (χ4n) is 7.39. The van der Waals surface area contributed by atoms with E-state index in [1.54, 1.807) is 0 Å². The van der Waals surface area contributed by atoms with Crippen LogP contribution in [0.1, 0.15) is 106 Å². The number of aliphatic hydroxyl groups excluding tert-OH is 1. The van der Waals surface area contributed by atoms with E-state index in [1.165, 1.54) is 0 Å². The van der Waals surface area contributed by atoms with Gasteiger partial charge in [-0.05, 0) is 132 Å². The summed E-state index contributed by atoms with van der Waals surface area (Å²) in [6.45, 7) is 26.8. The van der Waals surface area contributed by atoms with Gasteiger partial charge in [-0.1, -0.05) is 25.3 Å². The van der Waals surface area contributed by atoms with Gasteiger partial charge in [0.25, 0.3) is 0 Å². The maximum Gasteiger partial charge on any atom is 0.303 e. The Balaban J connectivity index is 1.68. The summed E-state index contributed by atoms with van der Waals surface area (Å²) in [4.78, 5) is 31.6. The van der Waals surface area contributed by atoms with Gasteiger partial charge >= 0.3 is 5.97 Å². The molecule has 9 nitrogen and oxygen atoms in total. The number of nitrogens with one attached hydrogen (secondary N) is 3. The predicted octanol–water partition coefficient (Wildman–Crippen LogP) is 8.45. The predicted molar refractivity (Wildman–Crippen MR) is 212 cm³/mol. The number of aromatic amines is 2. The number of aliphatic carboxylic acids is 1. The third-order valence-electron chi connectivity index (χ3n) is 10.4. The summed E-state index contributed by atoms with van der Waals surface area (Å²) in [6, 6.07) is 9.05. The summed E-state index contributed by atoms with van der Waals surface area (Å²) in [7, 11) is 0. The molecule has 3 aromatic heterocycles. The van der Waals surface area contributed by atoms with Crippen LogP contribution in [0.2, 0.25) is 0 Å². The average Bonchev–Trinajstić information content (AvgIpc) is 3.73. The number of carboxylic acid groups (broad SMARTS) is 1. The number of rotatable bonds is 14. The summed E-state index contributed by atoms with van der Waals surface area (Å²) >= 11 is 0. The van der Waals surface area contributed by atoms with Crippen molar-refractivity contribution in [2.45, 2.75) is 99.4 Å². The molecule has 0 radical (unpaired) electrons. The molecule has 5 rings (SSSR count). The molecular formula is C42H54N6O3. The molecule has 5 N–H and O–H groups in total. The number of carboxylic acids is 1. The number of hydrogen-bond acceptors (Lipinski definition) is 6. The summed E-state index contributed by atoms with van der Waals surface area (Å²) in [5.41, 5.74) is 14.8. The van der Waals surface area contributed by atoms with Crippen LogP contribution in [0.5, 0.6) is 0 Å². The number of fused-ring (bicyclic) bond motifs is 8. The van der Waals surface area contributed by atoms with E-state index in [0.717, 1.165) is 95.9 Å². The van der Waals surface area contributed by atoms with Gasteiger partial charge in [0.15, 0.2) is 0 Å². The normalized spacial score (nSPS) is 14.0. The second kappa shape index (κ2) is 15.8. The van der Waals surface area contributed by atoms with Gasteiger partial charge in [-0.3, -0.25) is 15.0 Å². The van der Waals surface area contributed by atoms with Gasteiger partial charge in [-0.25, -0.2) is 9.97 Å². The lowest BCUT2D eigenvalue weighted by Gasteiger charge is -2.30. The van der Waals surface area contributed by atoms with Crippen LogP contribution in [-0.2, 0) is 11.2 Å². The Hall–Kier alpha value is -4.57. The van der Waals surface area contributed by atoms with Gasteiger partial charge in [-0.2, -0.15) is 0 Å². The van der Waals surface area contributed by atoms with Gasteiger partial charge < -0.3 is 20.2 Å². The van der Waals surface area contributed by atoms with Crippen molar-refractivity contribution in [1.82, 2.24) is 30.2 Å². The van der Waals surface area contributed by atoms with Gasteiger partial charge in [-0.15, -0.1) is 0 Å². The highest BCUT2D eigenvalue weighted by Crippen LogP contribution is 2.36. The first-order chi connectivity index (χ1) is 24.2. The fraction of sp³-hybridized carbons (Fsp3) is 0.405. The van der Waals surface area contributed by atoms with Crippen LogP contribution in [0.3, 0.4) is 0 Å². The quantitative estimate of drug-likeness (QED) is 0.107. The molecule has 0 aromatic carbocycles. The summed E-state index contributed by atoms with van der Waals surface area (Å²) in [6.07, 6.45) is 4.53. The molecule has 0 amide bonds. The minimum atomic E-state index is -0.849. The Labute approximate surface area is 302 Å². The second-order valence-electron chi connectivity index (χ2n) is 14.3. The van der Waals surface area contributed by atoms with Gasteiger partial charge in [0, 0.05) is 64.8 Å². The molecule has 0 fully saturated rings. The lowest BCUT2D eigenvalue weighted by Crippen LogP contribution is -2.43. The van der Waals surface area contributed by atoms with Gasteiger partial charge in [0.1, 0.15) is 6.23 Å². The Morgan fingerprint density at radius 3 is 2.06 bits per heavy atom. The van der Waals surface area contributed by atoms with E-state index in [-0.39, 0.29) is 6.42 Å². The number of aromatic nitrogens is 4. The van der Waals surface area contributed by atoms with Crippen LogP contribution in [0.25, 0.3) is 50.4 Å². The lowest BCUT2D eigenvalue weighted by molar-refractivity contribution is -0.136. The molecule has 2 aliphatic heterocycles. The topological polar surface area (TPSA) is 130 Å². The maximum atomic E-state index is 11.7. The van der Waals surface area contributed by atoms with Gasteiger partial charge in [0.05, 0.1) is 22.8 Å². The van der Waals surface area contributed by atoms with Crippen LogP contribution in [0.15, 0.2) is 43.5 Å². The van der Waals surface area contributed by atoms with E-state index < -0.39 is 12.2 Å². The van der Waals surface area contributed by atoms with E-state index in [2.05, 4.69) is 93.9 Å². The molecule has 8 bridgehead atoms. The number of carbonyl (C=O) groups is 1. The van der Waals surface area contributed by atoms with Crippen LogP contribution < -0.4 is 5.32 Å². The minimum Gasteiger partial charge on any atom is -0.481 e. The molecule has 0 saturated carbocycles. The van der Waals surface area contributed by atoms with E-state index >= 15 is 0 Å². The monoisotopic (exact) mass is 690 g/mol. The van der Waals surface area contributed by atoms with Crippen LogP contribution in [0.4, 0.5) is 0 Å². The first kappa shape index (κ1) is 37.7. The SMILES string of the molecule is C=CC1=C(C)c2cc3[nH]c(cc4nc(cc5[nH]c(cc1n2)c(C)c5CCC(=O)O)C(CCC(O)NCCN(C(C)C)C(C)C)=C4C)c(C)c3C=C. The highest BCUT2D eigenvalue weighted by molar-refractivity contribution is 5.98. The first-order valence-corrected chi connectivity index (χ1v) is 18.0. The molecule has 1 atom stereocenters. The van der Waals surface area contributed by atoms with Crippen LogP contribution in [0, 0.1) is 13.8 Å². The van der Waals surface area contributed by atoms with Crippen molar-refractivity contribution >= 4 is 56.4 Å². The van der Waals surface area contributed by atoms with Crippen molar-refractivity contribution in [3.05, 3.63) is 88.5 Å². The average molecular weight is 691 g/mol. The van der Waals surface area contributed by atoms with Crippen molar-refractivity contribution in [3.8, 4) is 0 Å². The number of nitrogens with zero attached hydrogens (tertiary/aromatic N) is 3. The Kier molecular flexibility index (Phi) is 11.6. The summed E-state index contributed by atoms with van der Waals surface area (Å²) in [5.74, 6) is -0.849. The maximum absolute atomic E-state index is 11.7. The van der Waals surface area contributed by atoms with E-state index in [9.17, 15) is 15.0 Å². The first-order valence-electron chi connectivity index (χ1n) is 18.0. The second-order valence-corrected chi connectivity index (χ2v) is 14.3. The largest absolute Gasteiger partial charge is 0.481 e. The number of H-pyrrole nitrogens is 2. The molecule has 0 spiro atoms. The van der Waals surface area contributed by atoms with Gasteiger partial charge in [0.2, 0.25) is 0 Å². The van der Waals surface area contributed by atoms with Crippen molar-refractivity contribution in [1.29, 1.82) is 0 Å². The molecule has 51 heavy (non-hydrogen) atoms. The number of aryl methyl sites for hydroxylation is 3. The van der Waals surface area contributed by atoms with Crippen molar-refractivity contribution in [2.24, 2.45) is 0 Å². The Morgan fingerprint density at radius 2 is 1.41 bits per heavy atom. The van der Waals surface area contributed by atoms with E-state index in [0.29, 0.717) is 37.9 Å². The molecular weight excluding hydrogens is 637 g/mol. The number of aliphatic hydroxyl groups is 1. The minimum absolute atomic E-state index is 0.00579. The van der Waals surface area contributed by atoms with Crippen molar-refractivity contribution in [2.75, 3.05) is 13.1 Å². The Bertz CT molecular complexity index is 2070. The molecule has 270 valence electrons. The molecule has 3 aromatic rings. The zero-order chi connectivity index (χ0) is 37.1. The highest BCUT2D eigenvalue weighted by Gasteiger charge is 2.21. The van der Waals surface area contributed by atoms with E-state index in [1.807, 2.05) is 31.2 Å². The summed E-state index contributed by atoms with van der Waals surface area (Å²) < 4.78 is 0. The Morgan fingerprint density at radius 1 is 0.824 bits per heavy atom. The molecule has 1 unspecified atom stereocenters. The molecule has 0 saturated heterocycles. The lowest BCUT2D eigenvalue weighted by atomic mass is 10.00. The molecule has 5 heterocycles. The zero-order valence-corrected chi connectivity index (χ0v) is 31.5. The zero-order valence-electron chi connectivity index (χ0n) is 31.5. The summed E-state index contributed by atoms with van der Waals surface area (Å²) in [5, 5.41) is 24.0. The fourth-order valence-corrected chi connectivity index (χ4v) is 7.39. The molecule has 0 aliphatic carbocycles. The third-order valence-corrected chi connectivity index (χ3v) is 10.4. The molecule has 2 aliphatic rings. The number of hydrogen-bond donors (Lipinski definition) is 5. The van der Waals surface area contributed by atoms with Crippen LogP contribution in [-0.4, -0.2) is 72.4 Å².